The van der Waals surface area contributed by atoms with Crippen LogP contribution in [0.15, 0.2) is 30.3 Å². The van der Waals surface area contributed by atoms with Crippen molar-refractivity contribution in [2.45, 2.75) is 25.9 Å². The molecule has 1 fully saturated rings. The molecule has 126 valence electrons. The van der Waals surface area contributed by atoms with Crippen molar-refractivity contribution in [3.63, 3.8) is 0 Å². The van der Waals surface area contributed by atoms with Crippen molar-refractivity contribution < 1.29 is 8.42 Å². The molecule has 0 amide bonds. The Balaban J connectivity index is 2.05. The summed E-state index contributed by atoms with van der Waals surface area (Å²) >= 11 is 0. The summed E-state index contributed by atoms with van der Waals surface area (Å²) in [7, 11) is -1.82. The summed E-state index contributed by atoms with van der Waals surface area (Å²) in [5.74, 6) is 0. The van der Waals surface area contributed by atoms with Gasteiger partial charge in [0, 0.05) is 39.3 Å². The van der Waals surface area contributed by atoms with E-state index in [2.05, 4.69) is 6.07 Å². The molecule has 1 aromatic rings. The van der Waals surface area contributed by atoms with Gasteiger partial charge in [-0.2, -0.15) is 22.3 Å². The molecule has 1 heterocycles. The highest BCUT2D eigenvalue weighted by Crippen LogP contribution is 2.22. The van der Waals surface area contributed by atoms with Crippen LogP contribution in [0.5, 0.6) is 0 Å². The Morgan fingerprint density at radius 2 is 1.70 bits per heavy atom. The Labute approximate surface area is 139 Å². The minimum atomic E-state index is -3.42. The fraction of sp³-hybridized carbons (Fsp3) is 0.562. The Bertz CT molecular complexity index is 646. The molecule has 23 heavy (non-hydrogen) atoms. The molecule has 0 saturated carbocycles. The van der Waals surface area contributed by atoms with Crippen molar-refractivity contribution in [3.05, 3.63) is 35.9 Å². The maximum Gasteiger partial charge on any atom is 0.282 e. The first-order chi connectivity index (χ1) is 10.9. The SMILES string of the molecule is CC(C)N(C)S(=O)(=O)N1CCN(C(C#N)c2ccccc2)CC1. The van der Waals surface area contributed by atoms with Gasteiger partial charge in [0.25, 0.3) is 10.2 Å². The minimum Gasteiger partial charge on any atom is -0.282 e. The van der Waals surface area contributed by atoms with E-state index >= 15 is 0 Å². The second-order valence-electron chi connectivity index (χ2n) is 6.00. The van der Waals surface area contributed by atoms with Gasteiger partial charge in [-0.05, 0) is 19.4 Å². The van der Waals surface area contributed by atoms with Gasteiger partial charge in [-0.1, -0.05) is 30.3 Å². The summed E-state index contributed by atoms with van der Waals surface area (Å²) in [5, 5.41) is 9.49. The van der Waals surface area contributed by atoms with E-state index in [9.17, 15) is 13.7 Å². The number of nitrogens with zero attached hydrogens (tertiary/aromatic N) is 4. The van der Waals surface area contributed by atoms with Crippen molar-refractivity contribution >= 4 is 10.2 Å². The molecule has 0 aliphatic carbocycles. The van der Waals surface area contributed by atoms with Gasteiger partial charge < -0.3 is 0 Å². The molecule has 1 unspecified atom stereocenters. The lowest BCUT2D eigenvalue weighted by Gasteiger charge is -2.38. The zero-order chi connectivity index (χ0) is 17.0. The summed E-state index contributed by atoms with van der Waals surface area (Å²) in [6.07, 6.45) is 0. The van der Waals surface area contributed by atoms with Crippen LogP contribution in [0.2, 0.25) is 0 Å². The Morgan fingerprint density at radius 3 is 2.17 bits per heavy atom. The van der Waals surface area contributed by atoms with Gasteiger partial charge in [0.15, 0.2) is 0 Å². The first-order valence-electron chi connectivity index (χ1n) is 7.79. The monoisotopic (exact) mass is 336 g/mol. The van der Waals surface area contributed by atoms with Crippen LogP contribution in [0, 0.1) is 11.3 Å². The van der Waals surface area contributed by atoms with E-state index in [1.165, 1.54) is 8.61 Å². The van der Waals surface area contributed by atoms with Crippen LogP contribution in [0.3, 0.4) is 0 Å². The van der Waals surface area contributed by atoms with Crippen LogP contribution >= 0.6 is 0 Å². The highest BCUT2D eigenvalue weighted by Gasteiger charge is 2.33. The predicted molar refractivity (Wildman–Crippen MR) is 89.8 cm³/mol. The quantitative estimate of drug-likeness (QED) is 0.816. The normalized spacial score (nSPS) is 19.0. The molecule has 7 heteroatoms. The molecule has 1 atom stereocenters. The van der Waals surface area contributed by atoms with Crippen LogP contribution in [-0.4, -0.2) is 61.2 Å². The van der Waals surface area contributed by atoms with E-state index in [-0.39, 0.29) is 12.1 Å². The first kappa shape index (κ1) is 17.9. The summed E-state index contributed by atoms with van der Waals surface area (Å²) in [4.78, 5) is 2.04. The Hall–Kier alpha value is -1.46. The number of benzene rings is 1. The molecule has 1 aromatic carbocycles. The van der Waals surface area contributed by atoms with Crippen molar-refractivity contribution in [2.75, 3.05) is 33.2 Å². The largest absolute Gasteiger partial charge is 0.282 e. The molecule has 0 spiro atoms. The van der Waals surface area contributed by atoms with E-state index < -0.39 is 10.2 Å². The molecule has 0 bridgehead atoms. The maximum absolute atomic E-state index is 12.5. The molecule has 1 aliphatic rings. The van der Waals surface area contributed by atoms with Gasteiger partial charge >= 0.3 is 0 Å². The highest BCUT2D eigenvalue weighted by atomic mass is 32.2. The van der Waals surface area contributed by atoms with Crippen LogP contribution in [0.25, 0.3) is 0 Å². The van der Waals surface area contributed by atoms with E-state index in [4.69, 9.17) is 0 Å². The van der Waals surface area contributed by atoms with Gasteiger partial charge in [-0.25, -0.2) is 0 Å². The smallest absolute Gasteiger partial charge is 0.282 e. The molecular weight excluding hydrogens is 312 g/mol. The van der Waals surface area contributed by atoms with Crippen LogP contribution < -0.4 is 0 Å². The minimum absolute atomic E-state index is 0.0748. The third-order valence-corrected chi connectivity index (χ3v) is 6.46. The van der Waals surface area contributed by atoms with E-state index in [0.29, 0.717) is 26.2 Å². The third kappa shape index (κ3) is 3.90. The lowest BCUT2D eigenvalue weighted by molar-refractivity contribution is 0.157. The van der Waals surface area contributed by atoms with Gasteiger partial charge in [0.1, 0.15) is 6.04 Å². The summed E-state index contributed by atoms with van der Waals surface area (Å²) in [6, 6.07) is 11.5. The Morgan fingerprint density at radius 1 is 1.13 bits per heavy atom. The molecule has 6 nitrogen and oxygen atoms in total. The predicted octanol–water partition coefficient (Wildman–Crippen LogP) is 1.45. The van der Waals surface area contributed by atoms with Crippen molar-refractivity contribution in [2.24, 2.45) is 0 Å². The maximum atomic E-state index is 12.5. The van der Waals surface area contributed by atoms with E-state index in [1.54, 1.807) is 7.05 Å². The highest BCUT2D eigenvalue weighted by molar-refractivity contribution is 7.86. The van der Waals surface area contributed by atoms with Gasteiger partial charge in [0.05, 0.1) is 6.07 Å². The standard InChI is InChI=1S/C16H24N4O2S/c1-14(2)18(3)23(21,22)20-11-9-19(10-12-20)16(13-17)15-7-5-4-6-8-15/h4-8,14,16H,9-12H2,1-3H3. The zero-order valence-electron chi connectivity index (χ0n) is 13.9. The molecule has 1 aliphatic heterocycles. The molecule has 0 aromatic heterocycles. The average molecular weight is 336 g/mol. The molecule has 2 rings (SSSR count). The number of piperazine rings is 1. The van der Waals surface area contributed by atoms with Gasteiger partial charge in [-0.15, -0.1) is 0 Å². The summed E-state index contributed by atoms with van der Waals surface area (Å²) in [5.41, 5.74) is 0.950. The van der Waals surface area contributed by atoms with E-state index in [1.807, 2.05) is 49.1 Å². The van der Waals surface area contributed by atoms with Crippen LogP contribution in [-0.2, 0) is 10.2 Å². The number of rotatable bonds is 5. The van der Waals surface area contributed by atoms with Crippen molar-refractivity contribution in [3.8, 4) is 6.07 Å². The fourth-order valence-corrected chi connectivity index (χ4v) is 4.17. The molecule has 0 radical (unpaired) electrons. The lowest BCUT2D eigenvalue weighted by atomic mass is 10.1. The van der Waals surface area contributed by atoms with Gasteiger partial charge in [-0.3, -0.25) is 4.90 Å². The number of hydrogen-bond donors (Lipinski definition) is 0. The van der Waals surface area contributed by atoms with Crippen molar-refractivity contribution in [1.82, 2.24) is 13.5 Å². The third-order valence-electron chi connectivity index (χ3n) is 4.29. The number of nitriles is 1. The lowest BCUT2D eigenvalue weighted by Crippen LogP contribution is -2.53. The second kappa shape index (κ2) is 7.41. The van der Waals surface area contributed by atoms with Crippen molar-refractivity contribution in [1.29, 1.82) is 5.26 Å². The molecule has 0 N–H and O–H groups in total. The summed E-state index contributed by atoms with van der Waals surface area (Å²) in [6.45, 7) is 5.63. The van der Waals surface area contributed by atoms with Gasteiger partial charge in [0.2, 0.25) is 0 Å². The van der Waals surface area contributed by atoms with Crippen LogP contribution in [0.4, 0.5) is 0 Å². The zero-order valence-corrected chi connectivity index (χ0v) is 14.7. The second-order valence-corrected chi connectivity index (χ2v) is 7.98. The fourth-order valence-electron chi connectivity index (χ4n) is 2.64. The van der Waals surface area contributed by atoms with Crippen LogP contribution in [0.1, 0.15) is 25.5 Å². The summed E-state index contributed by atoms with van der Waals surface area (Å²) < 4.78 is 27.9. The topological polar surface area (TPSA) is 67.7 Å². The molecular formula is C16H24N4O2S. The number of hydrogen-bond acceptors (Lipinski definition) is 4. The first-order valence-corrected chi connectivity index (χ1v) is 9.19. The molecule has 1 saturated heterocycles. The van der Waals surface area contributed by atoms with E-state index in [0.717, 1.165) is 5.56 Å². The average Bonchev–Trinajstić information content (AvgIpc) is 2.56. The Kier molecular flexibility index (Phi) is 5.76.